The van der Waals surface area contributed by atoms with Crippen LogP contribution in [0.15, 0.2) is 24.3 Å². The fourth-order valence-electron chi connectivity index (χ4n) is 4.07. The van der Waals surface area contributed by atoms with Crippen molar-refractivity contribution in [3.05, 3.63) is 35.4 Å². The summed E-state index contributed by atoms with van der Waals surface area (Å²) < 4.78 is 5.65. The SMILES string of the molecule is CCCOCc1ccccc1CNC(=O)CC1CC2CCC(C1)N2. The van der Waals surface area contributed by atoms with Gasteiger partial charge in [0.15, 0.2) is 0 Å². The fraction of sp³-hybridized carbons (Fsp3) is 0.650. The Morgan fingerprint density at radius 1 is 1.21 bits per heavy atom. The molecule has 132 valence electrons. The highest BCUT2D eigenvalue weighted by molar-refractivity contribution is 5.76. The molecule has 0 aromatic heterocycles. The molecule has 2 bridgehead atoms. The van der Waals surface area contributed by atoms with Gasteiger partial charge < -0.3 is 15.4 Å². The molecule has 2 heterocycles. The number of ether oxygens (including phenoxy) is 1. The number of rotatable bonds is 8. The minimum atomic E-state index is 0.186. The zero-order chi connectivity index (χ0) is 16.8. The third kappa shape index (κ3) is 4.81. The van der Waals surface area contributed by atoms with Crippen molar-refractivity contribution in [3.8, 4) is 0 Å². The summed E-state index contributed by atoms with van der Waals surface area (Å²) in [7, 11) is 0. The molecule has 1 amide bonds. The first-order chi connectivity index (χ1) is 11.7. The lowest BCUT2D eigenvalue weighted by Gasteiger charge is -2.28. The van der Waals surface area contributed by atoms with E-state index in [-0.39, 0.29) is 5.91 Å². The van der Waals surface area contributed by atoms with Crippen molar-refractivity contribution >= 4 is 5.91 Å². The Morgan fingerprint density at radius 3 is 2.62 bits per heavy atom. The molecule has 2 fully saturated rings. The molecule has 0 radical (unpaired) electrons. The summed E-state index contributed by atoms with van der Waals surface area (Å²) in [4.78, 5) is 12.3. The highest BCUT2D eigenvalue weighted by Crippen LogP contribution is 2.32. The maximum absolute atomic E-state index is 12.3. The lowest BCUT2D eigenvalue weighted by molar-refractivity contribution is -0.122. The standard InChI is InChI=1S/C20H30N2O2/c1-2-9-24-14-17-6-4-3-5-16(17)13-21-20(23)12-15-10-18-7-8-19(11-15)22-18/h3-6,15,18-19,22H,2,7-14H2,1H3,(H,21,23). The molecule has 3 rings (SSSR count). The molecule has 2 aliphatic rings. The van der Waals surface area contributed by atoms with Crippen LogP contribution >= 0.6 is 0 Å². The van der Waals surface area contributed by atoms with Gasteiger partial charge in [-0.1, -0.05) is 31.2 Å². The molecule has 2 aliphatic heterocycles. The van der Waals surface area contributed by atoms with E-state index in [9.17, 15) is 4.79 Å². The van der Waals surface area contributed by atoms with Gasteiger partial charge in [0.1, 0.15) is 0 Å². The average molecular weight is 330 g/mol. The normalized spacial score (nSPS) is 25.6. The van der Waals surface area contributed by atoms with Gasteiger partial charge in [-0.3, -0.25) is 4.79 Å². The third-order valence-corrected chi connectivity index (χ3v) is 5.25. The van der Waals surface area contributed by atoms with Gasteiger partial charge in [0.05, 0.1) is 6.61 Å². The van der Waals surface area contributed by atoms with Crippen molar-refractivity contribution in [3.63, 3.8) is 0 Å². The smallest absolute Gasteiger partial charge is 0.220 e. The predicted octanol–water partition coefficient (Wildman–Crippen LogP) is 3.15. The summed E-state index contributed by atoms with van der Waals surface area (Å²) in [5.74, 6) is 0.734. The van der Waals surface area contributed by atoms with Crippen LogP contribution in [-0.4, -0.2) is 24.6 Å². The second-order valence-corrected chi connectivity index (χ2v) is 7.28. The lowest BCUT2D eigenvalue weighted by Crippen LogP contribution is -2.39. The first-order valence-electron chi connectivity index (χ1n) is 9.42. The molecule has 2 saturated heterocycles. The van der Waals surface area contributed by atoms with Crippen LogP contribution in [0.1, 0.15) is 56.6 Å². The molecule has 0 spiro atoms. The van der Waals surface area contributed by atoms with Crippen molar-refractivity contribution < 1.29 is 9.53 Å². The molecule has 4 nitrogen and oxygen atoms in total. The van der Waals surface area contributed by atoms with E-state index in [1.807, 2.05) is 12.1 Å². The van der Waals surface area contributed by atoms with Crippen LogP contribution in [0.5, 0.6) is 0 Å². The zero-order valence-electron chi connectivity index (χ0n) is 14.7. The van der Waals surface area contributed by atoms with Gasteiger partial charge in [0, 0.05) is 31.7 Å². The number of nitrogens with one attached hydrogen (secondary N) is 2. The third-order valence-electron chi connectivity index (χ3n) is 5.25. The molecule has 1 aromatic rings. The number of carbonyl (C=O) groups is 1. The van der Waals surface area contributed by atoms with E-state index in [0.29, 0.717) is 37.6 Å². The van der Waals surface area contributed by atoms with Gasteiger partial charge in [-0.15, -0.1) is 0 Å². The maximum atomic E-state index is 12.3. The van der Waals surface area contributed by atoms with Crippen LogP contribution in [0, 0.1) is 5.92 Å². The minimum absolute atomic E-state index is 0.186. The Labute approximate surface area is 145 Å². The molecule has 4 heteroatoms. The largest absolute Gasteiger partial charge is 0.377 e. The van der Waals surface area contributed by atoms with Gasteiger partial charge in [-0.2, -0.15) is 0 Å². The Balaban J connectivity index is 1.46. The van der Waals surface area contributed by atoms with E-state index in [1.165, 1.54) is 18.4 Å². The van der Waals surface area contributed by atoms with Gasteiger partial charge in [-0.25, -0.2) is 0 Å². The van der Waals surface area contributed by atoms with Crippen molar-refractivity contribution in [2.45, 2.75) is 70.7 Å². The van der Waals surface area contributed by atoms with Gasteiger partial charge >= 0.3 is 0 Å². The van der Waals surface area contributed by atoms with E-state index in [2.05, 4.69) is 29.7 Å². The maximum Gasteiger partial charge on any atom is 0.220 e. The number of hydrogen-bond donors (Lipinski definition) is 2. The van der Waals surface area contributed by atoms with Gasteiger partial charge in [0.25, 0.3) is 0 Å². The van der Waals surface area contributed by atoms with Crippen LogP contribution in [0.25, 0.3) is 0 Å². The predicted molar refractivity (Wildman–Crippen MR) is 95.5 cm³/mol. The fourth-order valence-corrected chi connectivity index (χ4v) is 4.07. The van der Waals surface area contributed by atoms with Crippen LogP contribution in [-0.2, 0) is 22.7 Å². The quantitative estimate of drug-likeness (QED) is 0.720. The monoisotopic (exact) mass is 330 g/mol. The van der Waals surface area contributed by atoms with Crippen molar-refractivity contribution in [2.75, 3.05) is 6.61 Å². The first-order valence-corrected chi connectivity index (χ1v) is 9.42. The molecule has 0 saturated carbocycles. The highest BCUT2D eigenvalue weighted by Gasteiger charge is 2.34. The molecule has 2 atom stereocenters. The summed E-state index contributed by atoms with van der Waals surface area (Å²) >= 11 is 0. The number of benzene rings is 1. The van der Waals surface area contributed by atoms with Gasteiger partial charge in [-0.05, 0) is 49.1 Å². The summed E-state index contributed by atoms with van der Waals surface area (Å²) in [5.41, 5.74) is 2.33. The van der Waals surface area contributed by atoms with E-state index in [0.717, 1.165) is 31.4 Å². The molecular formula is C20H30N2O2. The minimum Gasteiger partial charge on any atom is -0.377 e. The Hall–Kier alpha value is -1.39. The van der Waals surface area contributed by atoms with Crippen molar-refractivity contribution in [1.82, 2.24) is 10.6 Å². The number of amides is 1. The van der Waals surface area contributed by atoms with Crippen LogP contribution in [0.3, 0.4) is 0 Å². The summed E-state index contributed by atoms with van der Waals surface area (Å²) in [6.07, 6.45) is 6.58. The van der Waals surface area contributed by atoms with E-state index < -0.39 is 0 Å². The van der Waals surface area contributed by atoms with Crippen molar-refractivity contribution in [2.24, 2.45) is 5.92 Å². The topological polar surface area (TPSA) is 50.4 Å². The number of carbonyl (C=O) groups excluding carboxylic acids is 1. The summed E-state index contributed by atoms with van der Waals surface area (Å²) in [6, 6.07) is 9.52. The lowest BCUT2D eigenvalue weighted by atomic mass is 9.89. The van der Waals surface area contributed by atoms with Gasteiger partial charge in [0.2, 0.25) is 5.91 Å². The second kappa shape index (κ2) is 8.63. The van der Waals surface area contributed by atoms with E-state index in [1.54, 1.807) is 0 Å². The van der Waals surface area contributed by atoms with Crippen molar-refractivity contribution in [1.29, 1.82) is 0 Å². The second-order valence-electron chi connectivity index (χ2n) is 7.28. The van der Waals surface area contributed by atoms with Crippen LogP contribution < -0.4 is 10.6 Å². The Bertz CT molecular complexity index is 534. The van der Waals surface area contributed by atoms with Crippen LogP contribution in [0.2, 0.25) is 0 Å². The van der Waals surface area contributed by atoms with E-state index in [4.69, 9.17) is 4.74 Å². The van der Waals surface area contributed by atoms with Crippen LogP contribution in [0.4, 0.5) is 0 Å². The summed E-state index contributed by atoms with van der Waals surface area (Å²) in [5, 5.41) is 6.75. The summed E-state index contributed by atoms with van der Waals surface area (Å²) in [6.45, 7) is 4.11. The molecule has 24 heavy (non-hydrogen) atoms. The highest BCUT2D eigenvalue weighted by atomic mass is 16.5. The molecule has 2 N–H and O–H groups in total. The Morgan fingerprint density at radius 2 is 1.92 bits per heavy atom. The molecule has 0 aliphatic carbocycles. The molecule has 2 unspecified atom stereocenters. The number of piperidine rings is 1. The molecule has 1 aromatic carbocycles. The molecular weight excluding hydrogens is 300 g/mol. The zero-order valence-corrected chi connectivity index (χ0v) is 14.7. The first kappa shape index (κ1) is 17.4. The number of hydrogen-bond acceptors (Lipinski definition) is 3. The number of fused-ring (bicyclic) bond motifs is 2. The average Bonchev–Trinajstić information content (AvgIpc) is 2.93. The van der Waals surface area contributed by atoms with E-state index >= 15 is 0 Å². The Kier molecular flexibility index (Phi) is 6.27.